The number of esters is 1. The molecule has 1 N–H and O–H groups in total. The molecule has 0 spiro atoms. The second kappa shape index (κ2) is 10.9. The third-order valence-electron chi connectivity index (χ3n) is 7.07. The van der Waals surface area contributed by atoms with Gasteiger partial charge in [0.15, 0.2) is 5.76 Å². The van der Waals surface area contributed by atoms with Crippen LogP contribution in [0.15, 0.2) is 77.3 Å². The van der Waals surface area contributed by atoms with Crippen LogP contribution in [0.5, 0.6) is 0 Å². The Morgan fingerprint density at radius 3 is 2.45 bits per heavy atom. The van der Waals surface area contributed by atoms with Gasteiger partial charge in [-0.3, -0.25) is 10.1 Å². The molecular formula is C31H30N2O5. The zero-order valence-corrected chi connectivity index (χ0v) is 21.7. The first-order valence-corrected chi connectivity index (χ1v) is 12.7. The highest BCUT2D eigenvalue weighted by Crippen LogP contribution is 2.36. The van der Waals surface area contributed by atoms with Gasteiger partial charge in [-0.1, -0.05) is 78.0 Å². The van der Waals surface area contributed by atoms with Gasteiger partial charge < -0.3 is 14.0 Å². The Labute approximate surface area is 221 Å². The number of benzene rings is 3. The first-order chi connectivity index (χ1) is 18.4. The second-order valence-electron chi connectivity index (χ2n) is 9.51. The normalized spacial score (nSPS) is 15.3. The molecule has 0 saturated carbocycles. The molecule has 5 rings (SSSR count). The number of aryl methyl sites for hydroxylation is 2. The fourth-order valence-electron chi connectivity index (χ4n) is 4.99. The molecule has 1 aliphatic carbocycles. The molecule has 4 aromatic rings. The highest BCUT2D eigenvalue weighted by atomic mass is 16.6. The number of aromatic nitrogens is 1. The van der Waals surface area contributed by atoms with Gasteiger partial charge in [0, 0.05) is 5.56 Å². The van der Waals surface area contributed by atoms with Gasteiger partial charge in [0.05, 0.1) is 13.0 Å². The monoisotopic (exact) mass is 510 g/mol. The first kappa shape index (κ1) is 25.3. The van der Waals surface area contributed by atoms with Crippen molar-refractivity contribution in [3.8, 4) is 22.5 Å². The number of anilines is 1. The molecule has 1 aliphatic rings. The highest BCUT2D eigenvalue weighted by molar-refractivity contribution is 5.91. The lowest BCUT2D eigenvalue weighted by atomic mass is 9.81. The van der Waals surface area contributed by atoms with Crippen molar-refractivity contribution in [2.24, 2.45) is 0 Å². The lowest BCUT2D eigenvalue weighted by Crippen LogP contribution is -2.19. The van der Waals surface area contributed by atoms with Gasteiger partial charge in [0.2, 0.25) is 0 Å². The number of ether oxygens (including phenoxy) is 2. The summed E-state index contributed by atoms with van der Waals surface area (Å²) in [5, 5.41) is 6.86. The molecule has 0 radical (unpaired) electrons. The molecule has 194 valence electrons. The first-order valence-electron chi connectivity index (χ1n) is 12.7. The van der Waals surface area contributed by atoms with E-state index < -0.39 is 12.2 Å². The summed E-state index contributed by atoms with van der Waals surface area (Å²) in [5.41, 5.74) is 7.09. The van der Waals surface area contributed by atoms with Gasteiger partial charge in [-0.25, -0.2) is 4.79 Å². The lowest BCUT2D eigenvalue weighted by Gasteiger charge is -2.24. The van der Waals surface area contributed by atoms with E-state index in [9.17, 15) is 9.59 Å². The van der Waals surface area contributed by atoms with Gasteiger partial charge in [-0.05, 0) is 60.9 Å². The molecule has 1 amide bonds. The Morgan fingerprint density at radius 2 is 1.71 bits per heavy atom. The third kappa shape index (κ3) is 5.18. The zero-order chi connectivity index (χ0) is 26.6. The summed E-state index contributed by atoms with van der Waals surface area (Å²) in [5.74, 6) is 0.0982. The maximum atomic E-state index is 12.6. The van der Waals surface area contributed by atoms with Crippen molar-refractivity contribution in [2.45, 2.75) is 45.1 Å². The molecule has 7 nitrogen and oxygen atoms in total. The maximum Gasteiger partial charge on any atom is 0.412 e. The van der Waals surface area contributed by atoms with Crippen LogP contribution in [0.2, 0.25) is 0 Å². The average Bonchev–Trinajstić information content (AvgIpc) is 3.31. The molecule has 7 heteroatoms. The van der Waals surface area contributed by atoms with E-state index in [1.54, 1.807) is 6.92 Å². The summed E-state index contributed by atoms with van der Waals surface area (Å²) in [6, 6.07) is 23.7. The van der Waals surface area contributed by atoms with E-state index >= 15 is 0 Å². The molecule has 3 aromatic carbocycles. The molecule has 0 aliphatic heterocycles. The predicted octanol–water partition coefficient (Wildman–Crippen LogP) is 7.22. The van der Waals surface area contributed by atoms with E-state index in [4.69, 9.17) is 14.0 Å². The Kier molecular flexibility index (Phi) is 7.26. The van der Waals surface area contributed by atoms with Gasteiger partial charge in [-0.15, -0.1) is 0 Å². The zero-order valence-electron chi connectivity index (χ0n) is 21.7. The molecule has 0 bridgehead atoms. The number of amides is 1. The molecular weight excluding hydrogens is 480 g/mol. The number of carbonyl (C=O) groups excluding carboxylic acids is 2. The van der Waals surface area contributed by atoms with Crippen LogP contribution in [0.25, 0.3) is 22.5 Å². The molecule has 38 heavy (non-hydrogen) atoms. The van der Waals surface area contributed by atoms with Crippen LogP contribution in [0.1, 0.15) is 54.2 Å². The van der Waals surface area contributed by atoms with Crippen molar-refractivity contribution in [1.29, 1.82) is 0 Å². The average molecular weight is 511 g/mol. The van der Waals surface area contributed by atoms with Crippen LogP contribution in [-0.4, -0.2) is 24.3 Å². The summed E-state index contributed by atoms with van der Waals surface area (Å²) in [7, 11) is 1.44. The molecule has 2 atom stereocenters. The number of fused-ring (bicyclic) bond motifs is 1. The van der Waals surface area contributed by atoms with E-state index in [1.165, 1.54) is 12.7 Å². The third-order valence-corrected chi connectivity index (χ3v) is 7.07. The van der Waals surface area contributed by atoms with E-state index in [0.717, 1.165) is 47.1 Å². The SMILES string of the molecule is COC(=O)C1CCCc2cc(-c3ccc(-c4onc(C)c4NC(=O)O[C@H](C)c4ccccc4)cc3)ccc21. The molecule has 1 heterocycles. The second-order valence-corrected chi connectivity index (χ2v) is 9.51. The van der Waals surface area contributed by atoms with Crippen molar-refractivity contribution in [3.63, 3.8) is 0 Å². The summed E-state index contributed by atoms with van der Waals surface area (Å²) >= 11 is 0. The lowest BCUT2D eigenvalue weighted by molar-refractivity contribution is -0.142. The van der Waals surface area contributed by atoms with E-state index in [0.29, 0.717) is 17.1 Å². The van der Waals surface area contributed by atoms with Crippen molar-refractivity contribution >= 4 is 17.7 Å². The Balaban J connectivity index is 1.33. The fourth-order valence-corrected chi connectivity index (χ4v) is 4.99. The smallest absolute Gasteiger partial charge is 0.412 e. The minimum absolute atomic E-state index is 0.173. The van der Waals surface area contributed by atoms with Gasteiger partial charge in [0.1, 0.15) is 17.5 Å². The summed E-state index contributed by atoms with van der Waals surface area (Å²) in [6.45, 7) is 3.59. The number of hydrogen-bond acceptors (Lipinski definition) is 6. The van der Waals surface area contributed by atoms with Gasteiger partial charge >= 0.3 is 12.1 Å². The predicted molar refractivity (Wildman–Crippen MR) is 145 cm³/mol. The van der Waals surface area contributed by atoms with E-state index in [-0.39, 0.29) is 11.9 Å². The van der Waals surface area contributed by atoms with Crippen LogP contribution in [-0.2, 0) is 20.7 Å². The fraction of sp³-hybridized carbons (Fsp3) is 0.258. The number of carbonyl (C=O) groups is 2. The number of nitrogens with one attached hydrogen (secondary N) is 1. The number of hydrogen-bond donors (Lipinski definition) is 1. The van der Waals surface area contributed by atoms with Crippen LogP contribution in [0, 0.1) is 6.92 Å². The number of methoxy groups -OCH3 is 1. The summed E-state index contributed by atoms with van der Waals surface area (Å²) in [6.07, 6.45) is 1.74. The Bertz CT molecular complexity index is 1440. The van der Waals surface area contributed by atoms with Crippen molar-refractivity contribution in [1.82, 2.24) is 5.16 Å². The maximum absolute atomic E-state index is 12.6. The van der Waals surface area contributed by atoms with Crippen molar-refractivity contribution in [2.75, 3.05) is 12.4 Å². The number of nitrogens with zero attached hydrogens (tertiary/aromatic N) is 1. The van der Waals surface area contributed by atoms with Gasteiger partial charge in [-0.2, -0.15) is 0 Å². The van der Waals surface area contributed by atoms with Gasteiger partial charge in [0.25, 0.3) is 0 Å². The number of rotatable bonds is 6. The Hall–Kier alpha value is -4.39. The van der Waals surface area contributed by atoms with Crippen LogP contribution < -0.4 is 5.32 Å². The Morgan fingerprint density at radius 1 is 1.00 bits per heavy atom. The van der Waals surface area contributed by atoms with E-state index in [2.05, 4.69) is 16.5 Å². The minimum Gasteiger partial charge on any atom is -0.469 e. The highest BCUT2D eigenvalue weighted by Gasteiger charge is 2.27. The van der Waals surface area contributed by atoms with E-state index in [1.807, 2.05) is 73.7 Å². The van der Waals surface area contributed by atoms with Crippen LogP contribution in [0.4, 0.5) is 10.5 Å². The quantitative estimate of drug-likeness (QED) is 0.275. The minimum atomic E-state index is -0.579. The van der Waals surface area contributed by atoms with Crippen molar-refractivity contribution in [3.05, 3.63) is 95.2 Å². The molecule has 0 saturated heterocycles. The van der Waals surface area contributed by atoms with Crippen LogP contribution >= 0.6 is 0 Å². The molecule has 0 fully saturated rings. The summed E-state index contributed by atoms with van der Waals surface area (Å²) in [4.78, 5) is 24.8. The molecule has 1 aromatic heterocycles. The molecule has 1 unspecified atom stereocenters. The largest absolute Gasteiger partial charge is 0.469 e. The summed E-state index contributed by atoms with van der Waals surface area (Å²) < 4.78 is 16.1. The van der Waals surface area contributed by atoms with Crippen LogP contribution in [0.3, 0.4) is 0 Å². The topological polar surface area (TPSA) is 90.7 Å². The standard InChI is InChI=1S/C31H30N2O5/c1-19-28(32-31(35)37-20(2)21-8-5-4-6-9-21)29(38-33-19)23-14-12-22(13-15-23)24-16-17-26-25(18-24)10-7-11-27(26)30(34)36-3/h4-6,8-9,12-18,20,27H,7,10-11H2,1-3H3,(H,32,35)/t20-,27?/m1/s1. The van der Waals surface area contributed by atoms with Crippen molar-refractivity contribution < 1.29 is 23.6 Å².